The number of carboxylic acids is 1. The van der Waals surface area contributed by atoms with Gasteiger partial charge in [-0.05, 0) is 68.6 Å². The second-order valence-corrected chi connectivity index (χ2v) is 12.0. The number of fused-ring (bicyclic) bond motifs is 3. The van der Waals surface area contributed by atoms with Gasteiger partial charge in [-0.25, -0.2) is 18.4 Å². The van der Waals surface area contributed by atoms with E-state index in [1.165, 1.54) is 26.0 Å². The molecule has 0 spiro atoms. The molecule has 0 amide bonds. The molecule has 0 radical (unpaired) electrons. The van der Waals surface area contributed by atoms with Gasteiger partial charge in [-0.15, -0.1) is 0 Å². The third-order valence-electron chi connectivity index (χ3n) is 9.32. The lowest BCUT2D eigenvalue weighted by molar-refractivity contribution is -0.182. The van der Waals surface area contributed by atoms with Crippen molar-refractivity contribution >= 4 is 17.9 Å². The maximum absolute atomic E-state index is 17.3. The Hall–Kier alpha value is -2.29. The molecule has 0 aromatic heterocycles. The number of halogens is 2. The van der Waals surface area contributed by atoms with Crippen LogP contribution in [0.2, 0.25) is 0 Å². The second-order valence-electron chi connectivity index (χ2n) is 12.0. The van der Waals surface area contributed by atoms with Crippen molar-refractivity contribution in [3.05, 3.63) is 23.8 Å². The van der Waals surface area contributed by atoms with Crippen LogP contribution in [0.25, 0.3) is 0 Å². The van der Waals surface area contributed by atoms with Gasteiger partial charge in [0.15, 0.2) is 11.5 Å². The van der Waals surface area contributed by atoms with Gasteiger partial charge in [0, 0.05) is 17.3 Å². The Labute approximate surface area is 223 Å². The SMILES string of the molecule is CCCC(OC(=O)O[C@@]1(C(=O)O)C(C)C[C@H](O)[C@@]2(F)[C@H](CC[C@H]1C)C[C@H](F)C1=CC(=O)C=C[C@@]12C)C(C)C. The van der Waals surface area contributed by atoms with Crippen LogP contribution < -0.4 is 0 Å². The number of hydrogen-bond acceptors (Lipinski definition) is 6. The topological polar surface area (TPSA) is 110 Å². The third-order valence-corrected chi connectivity index (χ3v) is 9.32. The Bertz CT molecular complexity index is 993. The summed E-state index contributed by atoms with van der Waals surface area (Å²) in [4.78, 5) is 37.8. The van der Waals surface area contributed by atoms with Crippen molar-refractivity contribution in [2.75, 3.05) is 0 Å². The van der Waals surface area contributed by atoms with Crippen molar-refractivity contribution in [1.82, 2.24) is 0 Å². The summed E-state index contributed by atoms with van der Waals surface area (Å²) >= 11 is 0. The summed E-state index contributed by atoms with van der Waals surface area (Å²) in [5.74, 6) is -4.61. The molecule has 9 heteroatoms. The predicted molar refractivity (Wildman–Crippen MR) is 137 cm³/mol. The Morgan fingerprint density at radius 2 is 1.84 bits per heavy atom. The van der Waals surface area contributed by atoms with Crippen LogP contribution in [0.4, 0.5) is 13.6 Å². The van der Waals surface area contributed by atoms with Gasteiger partial charge in [0.25, 0.3) is 0 Å². The molecule has 2 fully saturated rings. The van der Waals surface area contributed by atoms with Gasteiger partial charge in [0.05, 0.1) is 6.10 Å². The number of ketones is 1. The van der Waals surface area contributed by atoms with Crippen LogP contribution in [0.5, 0.6) is 0 Å². The summed E-state index contributed by atoms with van der Waals surface area (Å²) in [6, 6.07) is 0. The quantitative estimate of drug-likeness (QED) is 0.413. The fraction of sp³-hybridized carbons (Fsp3) is 0.759. The summed E-state index contributed by atoms with van der Waals surface area (Å²) in [5, 5.41) is 21.9. The highest BCUT2D eigenvalue weighted by Gasteiger charge is 2.66. The molecule has 0 aromatic carbocycles. The van der Waals surface area contributed by atoms with Crippen molar-refractivity contribution in [2.24, 2.45) is 29.1 Å². The van der Waals surface area contributed by atoms with E-state index < -0.39 is 70.7 Å². The van der Waals surface area contributed by atoms with Crippen molar-refractivity contribution in [3.8, 4) is 0 Å². The molecule has 7 nitrogen and oxygen atoms in total. The van der Waals surface area contributed by atoms with Crippen molar-refractivity contribution in [1.29, 1.82) is 0 Å². The largest absolute Gasteiger partial charge is 0.509 e. The Kier molecular flexibility index (Phi) is 8.81. The molecule has 0 bridgehead atoms. The standard InChI is InChI=1S/C29H42F2O7/c1-7-8-23(16(2)3)37-26(36)38-28(25(34)35)17(4)9-10-19-14-22(30)21-15-20(32)11-12-27(21,6)29(19,31)24(33)13-18(28)5/h11-12,15-19,22-24,33H,7-10,13-14H2,1-6H3,(H,34,35)/t17-,18?,19-,22+,23?,24+,27+,28-,29+/m1/s1. The molecule has 9 atom stereocenters. The number of aliphatic hydroxyl groups excluding tert-OH is 1. The first-order valence-corrected chi connectivity index (χ1v) is 13.7. The van der Waals surface area contributed by atoms with E-state index in [0.29, 0.717) is 6.42 Å². The minimum Gasteiger partial charge on any atom is -0.478 e. The van der Waals surface area contributed by atoms with Crippen molar-refractivity contribution in [3.63, 3.8) is 0 Å². The van der Waals surface area contributed by atoms with Crippen LogP contribution in [-0.2, 0) is 19.1 Å². The van der Waals surface area contributed by atoms with E-state index in [0.717, 1.165) is 12.5 Å². The van der Waals surface area contributed by atoms with Crippen LogP contribution in [0.15, 0.2) is 23.8 Å². The molecule has 0 aromatic rings. The van der Waals surface area contributed by atoms with Crippen molar-refractivity contribution < 1.29 is 42.9 Å². The van der Waals surface area contributed by atoms with E-state index in [-0.39, 0.29) is 37.2 Å². The molecule has 2 unspecified atom stereocenters. The molecule has 3 aliphatic carbocycles. The van der Waals surface area contributed by atoms with Gasteiger partial charge in [-0.3, -0.25) is 4.79 Å². The van der Waals surface area contributed by atoms with Crippen molar-refractivity contribution in [2.45, 2.75) is 110 Å². The van der Waals surface area contributed by atoms with Crippen LogP contribution in [0.1, 0.15) is 80.1 Å². The average molecular weight is 541 g/mol. The Balaban J connectivity index is 2.01. The number of carboxylic acid groups (broad SMARTS) is 1. The van der Waals surface area contributed by atoms with E-state index >= 15 is 8.78 Å². The fourth-order valence-corrected chi connectivity index (χ4v) is 6.98. The highest BCUT2D eigenvalue weighted by molar-refractivity contribution is 6.01. The molecular formula is C29H42F2O7. The second kappa shape index (κ2) is 11.1. The average Bonchev–Trinajstić information content (AvgIpc) is 2.86. The Morgan fingerprint density at radius 1 is 1.18 bits per heavy atom. The van der Waals surface area contributed by atoms with Crippen LogP contribution in [-0.4, -0.2) is 57.8 Å². The van der Waals surface area contributed by atoms with Gasteiger partial charge in [0.2, 0.25) is 5.60 Å². The number of aliphatic hydroxyl groups is 1. The monoisotopic (exact) mass is 540 g/mol. The third kappa shape index (κ3) is 4.91. The first-order valence-electron chi connectivity index (χ1n) is 13.7. The number of allylic oxidation sites excluding steroid dienone is 4. The summed E-state index contributed by atoms with van der Waals surface area (Å²) in [7, 11) is 0. The van der Waals surface area contributed by atoms with Crippen LogP contribution >= 0.6 is 0 Å². The number of rotatable bonds is 6. The zero-order valence-electron chi connectivity index (χ0n) is 23.2. The molecule has 2 N–H and O–H groups in total. The van der Waals surface area contributed by atoms with E-state index in [4.69, 9.17) is 9.47 Å². The zero-order valence-corrected chi connectivity index (χ0v) is 23.2. The highest BCUT2D eigenvalue weighted by atomic mass is 19.1. The molecule has 214 valence electrons. The maximum Gasteiger partial charge on any atom is 0.509 e. The minimum absolute atomic E-state index is 0.0114. The predicted octanol–water partition coefficient (Wildman–Crippen LogP) is 5.74. The summed E-state index contributed by atoms with van der Waals surface area (Å²) in [6.45, 7) is 10.3. The minimum atomic E-state index is -2.37. The van der Waals surface area contributed by atoms with Gasteiger partial charge < -0.3 is 19.7 Å². The Morgan fingerprint density at radius 3 is 2.42 bits per heavy atom. The summed E-state index contributed by atoms with van der Waals surface area (Å²) in [6.07, 6.45) is -0.344. The lowest BCUT2D eigenvalue weighted by Gasteiger charge is -2.55. The molecule has 0 saturated heterocycles. The van der Waals surface area contributed by atoms with E-state index in [1.54, 1.807) is 6.92 Å². The van der Waals surface area contributed by atoms with Gasteiger partial charge in [0.1, 0.15) is 12.3 Å². The van der Waals surface area contributed by atoms with Gasteiger partial charge in [-0.2, -0.15) is 0 Å². The van der Waals surface area contributed by atoms with E-state index in [1.807, 2.05) is 20.8 Å². The summed E-state index contributed by atoms with van der Waals surface area (Å²) < 4.78 is 43.8. The number of alkyl halides is 2. The lowest BCUT2D eigenvalue weighted by atomic mass is 9.53. The zero-order chi connectivity index (χ0) is 28.6. The molecule has 2 saturated carbocycles. The number of ether oxygens (including phenoxy) is 2. The van der Waals surface area contributed by atoms with E-state index in [2.05, 4.69) is 0 Å². The molecule has 38 heavy (non-hydrogen) atoms. The maximum atomic E-state index is 17.3. The number of aliphatic carboxylic acids is 1. The highest BCUT2D eigenvalue weighted by Crippen LogP contribution is 2.60. The normalized spacial score (nSPS) is 40.1. The summed E-state index contributed by atoms with van der Waals surface area (Å²) in [5.41, 5.74) is -6.07. The smallest absolute Gasteiger partial charge is 0.478 e. The van der Waals surface area contributed by atoms with Gasteiger partial charge in [-0.1, -0.05) is 47.1 Å². The fourth-order valence-electron chi connectivity index (χ4n) is 6.98. The molecule has 0 aliphatic heterocycles. The molecule has 3 aliphatic rings. The number of hydrogen-bond donors (Lipinski definition) is 2. The lowest BCUT2D eigenvalue weighted by Crippen LogP contribution is -2.62. The van der Waals surface area contributed by atoms with Gasteiger partial charge >= 0.3 is 12.1 Å². The van der Waals surface area contributed by atoms with Crippen LogP contribution in [0.3, 0.4) is 0 Å². The molecule has 0 heterocycles. The first-order chi connectivity index (χ1) is 17.6. The number of carbonyl (C=O) groups excluding carboxylic acids is 2. The van der Waals surface area contributed by atoms with E-state index in [9.17, 15) is 24.6 Å². The van der Waals surface area contributed by atoms with Crippen LogP contribution in [0, 0.1) is 29.1 Å². The first kappa shape index (κ1) is 30.3. The number of carbonyl (C=O) groups is 3. The molecular weight excluding hydrogens is 498 g/mol. The molecule has 3 rings (SSSR count).